The first-order chi connectivity index (χ1) is 13.1. The second kappa shape index (κ2) is 7.06. The Kier molecular flexibility index (Phi) is 4.45. The van der Waals surface area contributed by atoms with Crippen LogP contribution in [0.5, 0.6) is 0 Å². The molecule has 8 nitrogen and oxygen atoms in total. The second-order valence-corrected chi connectivity index (χ2v) is 6.44. The molecule has 27 heavy (non-hydrogen) atoms. The molecule has 0 radical (unpaired) electrons. The van der Waals surface area contributed by atoms with Crippen molar-refractivity contribution in [3.05, 3.63) is 58.5 Å². The van der Waals surface area contributed by atoms with Crippen LogP contribution in [0.15, 0.2) is 47.4 Å². The van der Waals surface area contributed by atoms with Crippen molar-refractivity contribution in [1.29, 1.82) is 0 Å². The van der Waals surface area contributed by atoms with Gasteiger partial charge in [-0.25, -0.2) is 14.8 Å². The van der Waals surface area contributed by atoms with Gasteiger partial charge in [0.1, 0.15) is 5.82 Å². The third kappa shape index (κ3) is 3.46. The van der Waals surface area contributed by atoms with E-state index in [9.17, 15) is 9.59 Å². The molecular formula is C19H19N5O3. The maximum atomic E-state index is 12.3. The predicted octanol–water partition coefficient (Wildman–Crippen LogP) is 1.73. The maximum absolute atomic E-state index is 12.3. The van der Waals surface area contributed by atoms with Gasteiger partial charge >= 0.3 is 5.97 Å². The average molecular weight is 365 g/mol. The van der Waals surface area contributed by atoms with E-state index in [1.165, 1.54) is 6.20 Å². The van der Waals surface area contributed by atoms with E-state index in [-0.39, 0.29) is 11.1 Å². The lowest BCUT2D eigenvalue weighted by molar-refractivity contribution is 0.0696. The van der Waals surface area contributed by atoms with E-state index < -0.39 is 5.97 Å². The molecule has 0 bridgehead atoms. The fourth-order valence-electron chi connectivity index (χ4n) is 3.28. The van der Waals surface area contributed by atoms with Gasteiger partial charge in [0.05, 0.1) is 16.5 Å². The lowest BCUT2D eigenvalue weighted by Gasteiger charge is -2.23. The molecule has 1 aliphatic rings. The van der Waals surface area contributed by atoms with Gasteiger partial charge in [0.2, 0.25) is 5.95 Å². The summed E-state index contributed by atoms with van der Waals surface area (Å²) in [5, 5.41) is 9.58. The third-order valence-electron chi connectivity index (χ3n) is 4.71. The molecule has 0 unspecified atom stereocenters. The highest BCUT2D eigenvalue weighted by molar-refractivity contribution is 5.87. The Bertz CT molecular complexity index is 1030. The maximum Gasteiger partial charge on any atom is 0.337 e. The van der Waals surface area contributed by atoms with Gasteiger partial charge in [-0.3, -0.25) is 9.78 Å². The summed E-state index contributed by atoms with van der Waals surface area (Å²) in [5.41, 5.74) is 0.721. The van der Waals surface area contributed by atoms with E-state index in [2.05, 4.69) is 24.8 Å². The Morgan fingerprint density at radius 3 is 2.59 bits per heavy atom. The van der Waals surface area contributed by atoms with Crippen molar-refractivity contribution in [3.63, 3.8) is 0 Å². The van der Waals surface area contributed by atoms with Crippen molar-refractivity contribution in [2.24, 2.45) is 0 Å². The number of para-hydroxylation sites is 1. The summed E-state index contributed by atoms with van der Waals surface area (Å²) in [7, 11) is 0. The fraction of sp³-hybridized carbons (Fsp3) is 0.263. The van der Waals surface area contributed by atoms with Crippen LogP contribution < -0.4 is 15.4 Å². The van der Waals surface area contributed by atoms with Crippen LogP contribution in [-0.4, -0.2) is 52.2 Å². The number of carboxylic acid groups (broad SMARTS) is 1. The number of aromatic carboxylic acids is 1. The molecule has 3 aromatic rings. The van der Waals surface area contributed by atoms with E-state index in [1.54, 1.807) is 18.2 Å². The summed E-state index contributed by atoms with van der Waals surface area (Å²) in [4.78, 5) is 39.2. The van der Waals surface area contributed by atoms with Gasteiger partial charge in [0.15, 0.2) is 0 Å². The van der Waals surface area contributed by atoms with Gasteiger partial charge in [-0.15, -0.1) is 0 Å². The number of hydrogen-bond acceptors (Lipinski definition) is 6. The normalized spacial score (nSPS) is 15.0. The van der Waals surface area contributed by atoms with Crippen LogP contribution in [0.2, 0.25) is 0 Å². The lowest BCUT2D eigenvalue weighted by Crippen LogP contribution is -2.33. The molecule has 4 rings (SSSR count). The number of aromatic amines is 1. The number of fused-ring (bicyclic) bond motifs is 1. The lowest BCUT2D eigenvalue weighted by atomic mass is 10.2. The van der Waals surface area contributed by atoms with Crippen molar-refractivity contribution in [1.82, 2.24) is 15.0 Å². The number of H-pyrrole nitrogens is 1. The molecule has 138 valence electrons. The molecule has 0 amide bonds. The van der Waals surface area contributed by atoms with Gasteiger partial charge in [0, 0.05) is 32.4 Å². The standard InChI is InChI=1S/C19H19N5O3/c25-17-14-4-1-2-5-15(14)21-19(22-17)24-9-3-8-23(10-11-24)16-7-6-13(12-20-16)18(26)27/h1-2,4-7,12H,3,8-11H2,(H,26,27)(H,21,22,25). The molecule has 0 spiro atoms. The van der Waals surface area contributed by atoms with Crippen LogP contribution in [0, 0.1) is 0 Å². The van der Waals surface area contributed by atoms with E-state index in [1.807, 2.05) is 18.2 Å². The molecule has 1 fully saturated rings. The smallest absolute Gasteiger partial charge is 0.337 e. The van der Waals surface area contributed by atoms with Crippen molar-refractivity contribution in [2.45, 2.75) is 6.42 Å². The van der Waals surface area contributed by atoms with E-state index in [4.69, 9.17) is 5.11 Å². The van der Waals surface area contributed by atoms with Crippen LogP contribution in [0.4, 0.5) is 11.8 Å². The van der Waals surface area contributed by atoms with Gasteiger partial charge < -0.3 is 14.9 Å². The molecule has 0 atom stereocenters. The largest absolute Gasteiger partial charge is 0.478 e. The summed E-state index contributed by atoms with van der Waals surface area (Å²) in [6.07, 6.45) is 2.25. The zero-order valence-corrected chi connectivity index (χ0v) is 14.6. The van der Waals surface area contributed by atoms with Crippen LogP contribution in [0.1, 0.15) is 16.8 Å². The highest BCUT2D eigenvalue weighted by Gasteiger charge is 2.18. The summed E-state index contributed by atoms with van der Waals surface area (Å²) < 4.78 is 0. The minimum absolute atomic E-state index is 0.136. The summed E-state index contributed by atoms with van der Waals surface area (Å²) in [6.45, 7) is 2.96. The highest BCUT2D eigenvalue weighted by Crippen LogP contribution is 2.17. The number of anilines is 2. The van der Waals surface area contributed by atoms with E-state index in [0.717, 1.165) is 25.3 Å². The summed E-state index contributed by atoms with van der Waals surface area (Å²) in [5.74, 6) is 0.346. The minimum atomic E-state index is -0.984. The zero-order chi connectivity index (χ0) is 18.8. The van der Waals surface area contributed by atoms with Crippen LogP contribution in [0.3, 0.4) is 0 Å². The number of pyridine rings is 1. The molecule has 3 heterocycles. The summed E-state index contributed by atoms with van der Waals surface area (Å²) >= 11 is 0. The minimum Gasteiger partial charge on any atom is -0.478 e. The Labute approximate surface area is 155 Å². The van der Waals surface area contributed by atoms with E-state index >= 15 is 0 Å². The summed E-state index contributed by atoms with van der Waals surface area (Å²) in [6, 6.07) is 10.6. The Hall–Kier alpha value is -3.42. The molecule has 0 aliphatic carbocycles. The molecule has 8 heteroatoms. The van der Waals surface area contributed by atoms with Gasteiger partial charge in [-0.05, 0) is 30.7 Å². The van der Waals surface area contributed by atoms with Crippen molar-refractivity contribution < 1.29 is 9.90 Å². The van der Waals surface area contributed by atoms with Gasteiger partial charge in [0.25, 0.3) is 5.56 Å². The van der Waals surface area contributed by atoms with Gasteiger partial charge in [-0.1, -0.05) is 12.1 Å². The first-order valence-corrected chi connectivity index (χ1v) is 8.80. The van der Waals surface area contributed by atoms with Crippen LogP contribution in [-0.2, 0) is 0 Å². The topological polar surface area (TPSA) is 102 Å². The molecule has 0 saturated carbocycles. The number of rotatable bonds is 3. The van der Waals surface area contributed by atoms with Gasteiger partial charge in [-0.2, -0.15) is 0 Å². The first kappa shape index (κ1) is 17.0. The van der Waals surface area contributed by atoms with Crippen molar-refractivity contribution >= 4 is 28.6 Å². The Morgan fingerprint density at radius 1 is 1.04 bits per heavy atom. The molecular weight excluding hydrogens is 346 g/mol. The quantitative estimate of drug-likeness (QED) is 0.729. The number of nitrogens with zero attached hydrogens (tertiary/aromatic N) is 4. The SMILES string of the molecule is O=C(O)c1ccc(N2CCCN(c3nc4ccccc4c(=O)[nH]3)CC2)nc1. The zero-order valence-electron chi connectivity index (χ0n) is 14.6. The number of carboxylic acids is 1. The van der Waals surface area contributed by atoms with Crippen molar-refractivity contribution in [2.75, 3.05) is 36.0 Å². The number of nitrogens with one attached hydrogen (secondary N) is 1. The molecule has 1 aliphatic heterocycles. The Morgan fingerprint density at radius 2 is 1.81 bits per heavy atom. The highest BCUT2D eigenvalue weighted by atomic mass is 16.4. The molecule has 2 N–H and O–H groups in total. The average Bonchev–Trinajstić information content (AvgIpc) is 2.94. The third-order valence-corrected chi connectivity index (χ3v) is 4.71. The molecule has 1 saturated heterocycles. The second-order valence-electron chi connectivity index (χ2n) is 6.44. The van der Waals surface area contributed by atoms with E-state index in [0.29, 0.717) is 29.9 Å². The molecule has 1 aromatic carbocycles. The Balaban J connectivity index is 1.53. The number of carbonyl (C=O) groups is 1. The predicted molar refractivity (Wildman–Crippen MR) is 103 cm³/mol. The fourth-order valence-corrected chi connectivity index (χ4v) is 3.28. The number of aromatic nitrogens is 3. The molecule has 2 aromatic heterocycles. The van der Waals surface area contributed by atoms with Crippen LogP contribution in [0.25, 0.3) is 10.9 Å². The first-order valence-electron chi connectivity index (χ1n) is 8.80. The number of hydrogen-bond donors (Lipinski definition) is 2. The monoisotopic (exact) mass is 365 g/mol. The van der Waals surface area contributed by atoms with Crippen molar-refractivity contribution in [3.8, 4) is 0 Å². The number of benzene rings is 1. The van der Waals surface area contributed by atoms with Crippen LogP contribution >= 0.6 is 0 Å².